The van der Waals surface area contributed by atoms with Gasteiger partial charge in [0.2, 0.25) is 0 Å². The van der Waals surface area contributed by atoms with Crippen molar-refractivity contribution in [2.75, 3.05) is 7.05 Å². The Bertz CT molecular complexity index is 219. The SMILES string of the molecule is CCC(C)CC(=O)CC1(NC)CCCCC1. The standard InChI is InChI=1S/C14H27NO/c1-4-12(2)10-13(16)11-14(15-3)8-6-5-7-9-14/h12,15H,4-11H2,1-3H3. The van der Waals surface area contributed by atoms with E-state index in [4.69, 9.17) is 0 Å². The van der Waals surface area contributed by atoms with Gasteiger partial charge in [0.05, 0.1) is 0 Å². The van der Waals surface area contributed by atoms with E-state index in [-0.39, 0.29) is 5.54 Å². The normalized spacial score (nSPS) is 21.7. The number of hydrogen-bond donors (Lipinski definition) is 1. The van der Waals surface area contributed by atoms with Crippen LogP contribution in [0, 0.1) is 5.92 Å². The maximum Gasteiger partial charge on any atom is 0.135 e. The van der Waals surface area contributed by atoms with E-state index in [9.17, 15) is 4.79 Å². The van der Waals surface area contributed by atoms with E-state index in [1.807, 2.05) is 7.05 Å². The molecule has 0 saturated heterocycles. The molecule has 0 heterocycles. The van der Waals surface area contributed by atoms with Crippen LogP contribution in [0.5, 0.6) is 0 Å². The molecule has 1 rings (SSSR count). The molecule has 1 fully saturated rings. The van der Waals surface area contributed by atoms with Crippen LogP contribution in [0.3, 0.4) is 0 Å². The Labute approximate surface area is 100 Å². The summed E-state index contributed by atoms with van der Waals surface area (Å²) in [5.41, 5.74) is 0.128. The first-order chi connectivity index (χ1) is 7.62. The number of Topliss-reactive ketones (excluding diaryl/α,β-unsaturated/α-hetero) is 1. The van der Waals surface area contributed by atoms with Crippen LogP contribution in [0.4, 0.5) is 0 Å². The average Bonchev–Trinajstić information content (AvgIpc) is 2.29. The van der Waals surface area contributed by atoms with Gasteiger partial charge in [-0.15, -0.1) is 0 Å². The van der Waals surface area contributed by atoms with Crippen LogP contribution in [0.25, 0.3) is 0 Å². The molecule has 0 aliphatic heterocycles. The molecule has 0 aromatic rings. The molecule has 94 valence electrons. The third-order valence-corrected chi connectivity index (χ3v) is 4.15. The van der Waals surface area contributed by atoms with Crippen molar-refractivity contribution in [1.82, 2.24) is 5.32 Å². The fraction of sp³-hybridized carbons (Fsp3) is 0.929. The van der Waals surface area contributed by atoms with Gasteiger partial charge in [-0.25, -0.2) is 0 Å². The zero-order chi connectivity index (χ0) is 12.0. The van der Waals surface area contributed by atoms with Crippen LogP contribution < -0.4 is 5.32 Å². The molecule has 1 atom stereocenters. The van der Waals surface area contributed by atoms with E-state index < -0.39 is 0 Å². The van der Waals surface area contributed by atoms with Crippen LogP contribution in [0.15, 0.2) is 0 Å². The van der Waals surface area contributed by atoms with Gasteiger partial charge in [0.1, 0.15) is 5.78 Å². The summed E-state index contributed by atoms with van der Waals surface area (Å²) in [5.74, 6) is 0.996. The molecule has 0 aromatic heterocycles. The Hall–Kier alpha value is -0.370. The predicted octanol–water partition coefficient (Wildman–Crippen LogP) is 3.30. The lowest BCUT2D eigenvalue weighted by Crippen LogP contribution is -2.46. The van der Waals surface area contributed by atoms with E-state index in [1.165, 1.54) is 32.1 Å². The number of carbonyl (C=O) groups is 1. The number of nitrogens with one attached hydrogen (secondary N) is 1. The van der Waals surface area contributed by atoms with Crippen LogP contribution in [0.1, 0.15) is 65.2 Å². The van der Waals surface area contributed by atoms with Gasteiger partial charge in [-0.3, -0.25) is 4.79 Å². The van der Waals surface area contributed by atoms with Crippen LogP contribution in [0.2, 0.25) is 0 Å². The lowest BCUT2D eigenvalue weighted by atomic mass is 9.77. The highest BCUT2D eigenvalue weighted by Gasteiger charge is 2.32. The number of carbonyl (C=O) groups excluding carboxylic acids is 1. The zero-order valence-electron chi connectivity index (χ0n) is 11.1. The average molecular weight is 225 g/mol. The molecular formula is C14H27NO. The second-order valence-corrected chi connectivity index (χ2v) is 5.52. The summed E-state index contributed by atoms with van der Waals surface area (Å²) in [4.78, 5) is 12.0. The van der Waals surface area contributed by atoms with Crippen molar-refractivity contribution < 1.29 is 4.79 Å². The Kier molecular flexibility index (Phi) is 5.47. The fourth-order valence-corrected chi connectivity index (χ4v) is 2.73. The summed E-state index contributed by atoms with van der Waals surface area (Å²) in [6.07, 6.45) is 8.86. The van der Waals surface area contributed by atoms with Crippen molar-refractivity contribution in [2.24, 2.45) is 5.92 Å². The smallest absolute Gasteiger partial charge is 0.135 e. The minimum Gasteiger partial charge on any atom is -0.314 e. The zero-order valence-corrected chi connectivity index (χ0v) is 11.1. The van der Waals surface area contributed by atoms with Crippen molar-refractivity contribution in [3.8, 4) is 0 Å². The Balaban J connectivity index is 2.45. The quantitative estimate of drug-likeness (QED) is 0.751. The molecule has 1 N–H and O–H groups in total. The van der Waals surface area contributed by atoms with Gasteiger partial charge < -0.3 is 5.32 Å². The maximum absolute atomic E-state index is 12.0. The highest BCUT2D eigenvalue weighted by Crippen LogP contribution is 2.31. The summed E-state index contributed by atoms with van der Waals surface area (Å²) in [5, 5.41) is 3.42. The van der Waals surface area contributed by atoms with E-state index in [0.29, 0.717) is 11.7 Å². The van der Waals surface area contributed by atoms with E-state index in [2.05, 4.69) is 19.2 Å². The van der Waals surface area contributed by atoms with Gasteiger partial charge in [0.15, 0.2) is 0 Å². The summed E-state index contributed by atoms with van der Waals surface area (Å²) >= 11 is 0. The van der Waals surface area contributed by atoms with E-state index >= 15 is 0 Å². The molecule has 1 saturated carbocycles. The highest BCUT2D eigenvalue weighted by molar-refractivity contribution is 5.79. The molecule has 16 heavy (non-hydrogen) atoms. The number of hydrogen-bond acceptors (Lipinski definition) is 2. The molecule has 0 bridgehead atoms. The lowest BCUT2D eigenvalue weighted by Gasteiger charge is -2.37. The first kappa shape index (κ1) is 13.7. The number of rotatable bonds is 6. The second kappa shape index (κ2) is 6.39. The predicted molar refractivity (Wildman–Crippen MR) is 68.6 cm³/mol. The summed E-state index contributed by atoms with van der Waals surface area (Å²) < 4.78 is 0. The molecule has 1 aliphatic carbocycles. The van der Waals surface area contributed by atoms with Gasteiger partial charge >= 0.3 is 0 Å². The minimum absolute atomic E-state index is 0.128. The van der Waals surface area contributed by atoms with Gasteiger partial charge in [-0.2, -0.15) is 0 Å². The summed E-state index contributed by atoms with van der Waals surface area (Å²) in [6.45, 7) is 4.33. The Morgan fingerprint density at radius 2 is 1.94 bits per heavy atom. The molecule has 1 unspecified atom stereocenters. The van der Waals surface area contributed by atoms with E-state index in [1.54, 1.807) is 0 Å². The van der Waals surface area contributed by atoms with Gasteiger partial charge in [0, 0.05) is 18.4 Å². The molecular weight excluding hydrogens is 198 g/mol. The molecule has 1 aliphatic rings. The van der Waals surface area contributed by atoms with Crippen LogP contribution in [-0.4, -0.2) is 18.4 Å². The van der Waals surface area contributed by atoms with E-state index in [0.717, 1.165) is 19.3 Å². The molecule has 2 nitrogen and oxygen atoms in total. The van der Waals surface area contributed by atoms with Crippen molar-refractivity contribution in [1.29, 1.82) is 0 Å². The van der Waals surface area contributed by atoms with Crippen molar-refractivity contribution in [3.05, 3.63) is 0 Å². The largest absolute Gasteiger partial charge is 0.314 e. The molecule has 0 radical (unpaired) electrons. The fourth-order valence-electron chi connectivity index (χ4n) is 2.73. The lowest BCUT2D eigenvalue weighted by molar-refractivity contribution is -0.121. The topological polar surface area (TPSA) is 29.1 Å². The summed E-state index contributed by atoms with van der Waals surface area (Å²) in [7, 11) is 2.02. The minimum atomic E-state index is 0.128. The Morgan fingerprint density at radius 1 is 1.31 bits per heavy atom. The first-order valence-electron chi connectivity index (χ1n) is 6.82. The van der Waals surface area contributed by atoms with Gasteiger partial charge in [-0.05, 0) is 25.8 Å². The molecule has 0 spiro atoms. The van der Waals surface area contributed by atoms with Crippen molar-refractivity contribution in [3.63, 3.8) is 0 Å². The molecule has 0 amide bonds. The molecule has 0 aromatic carbocycles. The maximum atomic E-state index is 12.0. The Morgan fingerprint density at radius 3 is 2.44 bits per heavy atom. The second-order valence-electron chi connectivity index (χ2n) is 5.52. The van der Waals surface area contributed by atoms with Crippen molar-refractivity contribution >= 4 is 5.78 Å². The number of ketones is 1. The van der Waals surface area contributed by atoms with Crippen molar-refractivity contribution in [2.45, 2.75) is 70.8 Å². The third-order valence-electron chi connectivity index (χ3n) is 4.15. The first-order valence-corrected chi connectivity index (χ1v) is 6.82. The molecule has 2 heteroatoms. The summed E-state index contributed by atoms with van der Waals surface area (Å²) in [6, 6.07) is 0. The van der Waals surface area contributed by atoms with Crippen LogP contribution >= 0.6 is 0 Å². The van der Waals surface area contributed by atoms with Gasteiger partial charge in [0.25, 0.3) is 0 Å². The highest BCUT2D eigenvalue weighted by atomic mass is 16.1. The van der Waals surface area contributed by atoms with Gasteiger partial charge in [-0.1, -0.05) is 39.5 Å². The monoisotopic (exact) mass is 225 g/mol. The van der Waals surface area contributed by atoms with Crippen LogP contribution in [-0.2, 0) is 4.79 Å². The third kappa shape index (κ3) is 3.89.